The summed E-state index contributed by atoms with van der Waals surface area (Å²) in [6, 6.07) is 14.4. The van der Waals surface area contributed by atoms with Crippen molar-refractivity contribution in [3.05, 3.63) is 78.0 Å². The van der Waals surface area contributed by atoms with E-state index in [0.29, 0.717) is 24.5 Å². The minimum Gasteiger partial charge on any atom is -0.505 e. The number of benzene rings is 2. The molecule has 5 aromatic rings. The van der Waals surface area contributed by atoms with Gasteiger partial charge >= 0.3 is 0 Å². The maximum absolute atomic E-state index is 14.0. The lowest BCUT2D eigenvalue weighted by molar-refractivity contribution is 0.432. The van der Waals surface area contributed by atoms with Gasteiger partial charge in [-0.3, -0.25) is 5.10 Å². The Kier molecular flexibility index (Phi) is 5.03. The van der Waals surface area contributed by atoms with E-state index in [-0.39, 0.29) is 5.75 Å². The Morgan fingerprint density at radius 3 is 2.84 bits per heavy atom. The van der Waals surface area contributed by atoms with Gasteiger partial charge < -0.3 is 15.4 Å². The Morgan fingerprint density at radius 2 is 2.03 bits per heavy atom. The number of pyridine rings is 1. The smallest absolute Gasteiger partial charge is 0.165 e. The number of aromatic hydroxyl groups is 1. The molecule has 0 saturated carbocycles. The molecule has 0 unspecified atom stereocenters. The monoisotopic (exact) mass is 428 g/mol. The first-order chi connectivity index (χ1) is 15.6. The number of aromatic amines is 2. The number of phenols is 1. The summed E-state index contributed by atoms with van der Waals surface area (Å²) in [6.07, 6.45) is 4.25. The average molecular weight is 428 g/mol. The normalized spacial score (nSPS) is 11.2. The number of hydrogen-bond acceptors (Lipinski definition) is 5. The van der Waals surface area contributed by atoms with Gasteiger partial charge in [-0.15, -0.1) is 0 Å². The second-order valence-electron chi connectivity index (χ2n) is 7.46. The molecule has 160 valence electrons. The number of fused-ring (bicyclic) bond motifs is 1. The molecule has 0 aliphatic rings. The van der Waals surface area contributed by atoms with Gasteiger partial charge in [0.25, 0.3) is 0 Å². The molecule has 5 rings (SSSR count). The fourth-order valence-electron chi connectivity index (χ4n) is 3.75. The first-order valence-corrected chi connectivity index (χ1v) is 10.3. The molecule has 0 aliphatic carbocycles. The molecule has 0 saturated heterocycles. The third-order valence-corrected chi connectivity index (χ3v) is 5.40. The Morgan fingerprint density at radius 1 is 1.12 bits per heavy atom. The van der Waals surface area contributed by atoms with E-state index in [2.05, 4.69) is 30.5 Å². The summed E-state index contributed by atoms with van der Waals surface area (Å²) >= 11 is 0. The molecule has 7 nitrogen and oxygen atoms in total. The maximum Gasteiger partial charge on any atom is 0.165 e. The van der Waals surface area contributed by atoms with E-state index in [9.17, 15) is 9.50 Å². The number of phenolic OH excluding ortho intramolecular Hbond substituents is 1. The highest BCUT2D eigenvalue weighted by Gasteiger charge is 2.15. The largest absolute Gasteiger partial charge is 0.505 e. The van der Waals surface area contributed by atoms with Crippen LogP contribution in [0.4, 0.5) is 10.2 Å². The molecule has 0 radical (unpaired) electrons. The summed E-state index contributed by atoms with van der Waals surface area (Å²) in [7, 11) is 0. The van der Waals surface area contributed by atoms with Crippen molar-refractivity contribution in [1.82, 2.24) is 25.1 Å². The summed E-state index contributed by atoms with van der Waals surface area (Å²) in [4.78, 5) is 12.1. The van der Waals surface area contributed by atoms with E-state index in [1.165, 1.54) is 12.1 Å². The third-order valence-electron chi connectivity index (χ3n) is 5.40. The van der Waals surface area contributed by atoms with E-state index >= 15 is 0 Å². The fraction of sp³-hybridized carbons (Fsp3) is 0.125. The molecular weight excluding hydrogens is 407 g/mol. The van der Waals surface area contributed by atoms with E-state index in [4.69, 9.17) is 0 Å². The summed E-state index contributed by atoms with van der Waals surface area (Å²) in [5.74, 6) is 0.477. The van der Waals surface area contributed by atoms with E-state index in [0.717, 1.165) is 39.1 Å². The molecule has 0 bridgehead atoms. The van der Waals surface area contributed by atoms with Crippen molar-refractivity contribution in [1.29, 1.82) is 0 Å². The van der Waals surface area contributed by atoms with Crippen molar-refractivity contribution in [2.24, 2.45) is 0 Å². The number of H-pyrrole nitrogens is 2. The van der Waals surface area contributed by atoms with Crippen molar-refractivity contribution in [3.63, 3.8) is 0 Å². The number of anilines is 1. The molecule has 32 heavy (non-hydrogen) atoms. The topological polar surface area (TPSA) is 103 Å². The van der Waals surface area contributed by atoms with E-state index in [1.54, 1.807) is 6.20 Å². The molecule has 0 fully saturated rings. The molecule has 2 aromatic carbocycles. The van der Waals surface area contributed by atoms with Gasteiger partial charge in [0, 0.05) is 17.8 Å². The molecule has 0 spiro atoms. The number of aromatic nitrogens is 5. The van der Waals surface area contributed by atoms with Crippen LogP contribution in [0.15, 0.2) is 60.9 Å². The number of aryl methyl sites for hydroxylation is 1. The zero-order valence-electron chi connectivity index (χ0n) is 17.4. The lowest BCUT2D eigenvalue weighted by Crippen LogP contribution is -2.00. The number of hydrogen-bond donors (Lipinski definition) is 4. The maximum atomic E-state index is 14.0. The van der Waals surface area contributed by atoms with Crippen LogP contribution in [0.1, 0.15) is 18.2 Å². The quantitative estimate of drug-likeness (QED) is 0.304. The molecule has 3 heterocycles. The number of nitrogens with one attached hydrogen (secondary N) is 3. The molecule has 0 amide bonds. The van der Waals surface area contributed by atoms with Crippen LogP contribution in [0, 0.1) is 5.82 Å². The van der Waals surface area contributed by atoms with Gasteiger partial charge in [-0.2, -0.15) is 5.10 Å². The first-order valence-electron chi connectivity index (χ1n) is 10.3. The Bertz CT molecular complexity index is 1390. The van der Waals surface area contributed by atoms with E-state index < -0.39 is 5.82 Å². The van der Waals surface area contributed by atoms with Gasteiger partial charge in [0.1, 0.15) is 11.5 Å². The minimum atomic E-state index is -0.634. The van der Waals surface area contributed by atoms with Crippen LogP contribution in [-0.2, 0) is 13.0 Å². The molecular formula is C24H21FN6O. The lowest BCUT2D eigenvalue weighted by atomic mass is 9.96. The van der Waals surface area contributed by atoms with Gasteiger partial charge in [0.2, 0.25) is 0 Å². The minimum absolute atomic E-state index is 0.332. The second-order valence-corrected chi connectivity index (χ2v) is 7.46. The predicted octanol–water partition coefficient (Wildman–Crippen LogP) is 5.03. The third kappa shape index (κ3) is 3.66. The number of imidazole rings is 1. The number of halogens is 1. The van der Waals surface area contributed by atoms with Crippen LogP contribution in [0.3, 0.4) is 0 Å². The summed E-state index contributed by atoms with van der Waals surface area (Å²) < 4.78 is 14.0. The Hall–Kier alpha value is -4.20. The van der Waals surface area contributed by atoms with Crippen LogP contribution < -0.4 is 5.32 Å². The van der Waals surface area contributed by atoms with Crippen LogP contribution in [0.25, 0.3) is 33.5 Å². The van der Waals surface area contributed by atoms with Crippen LogP contribution in [-0.4, -0.2) is 30.3 Å². The molecule has 0 atom stereocenters. The van der Waals surface area contributed by atoms with Gasteiger partial charge in [0.15, 0.2) is 17.4 Å². The molecule has 0 aliphatic heterocycles. The van der Waals surface area contributed by atoms with Crippen molar-refractivity contribution in [2.45, 2.75) is 19.9 Å². The molecule has 4 N–H and O–H groups in total. The second kappa shape index (κ2) is 8.14. The zero-order chi connectivity index (χ0) is 22.1. The summed E-state index contributed by atoms with van der Waals surface area (Å²) in [6.45, 7) is 2.51. The lowest BCUT2D eigenvalue weighted by Gasteiger charge is -2.10. The highest BCUT2D eigenvalue weighted by atomic mass is 19.1. The van der Waals surface area contributed by atoms with Crippen molar-refractivity contribution in [3.8, 4) is 28.4 Å². The van der Waals surface area contributed by atoms with Crippen molar-refractivity contribution < 1.29 is 9.50 Å². The number of nitrogens with zero attached hydrogens (tertiary/aromatic N) is 3. The highest BCUT2D eigenvalue weighted by Crippen LogP contribution is 2.33. The molecule has 3 aromatic heterocycles. The van der Waals surface area contributed by atoms with E-state index in [1.807, 2.05) is 49.5 Å². The van der Waals surface area contributed by atoms with Gasteiger partial charge in [0.05, 0.1) is 17.8 Å². The standard InChI is InChI=1S/C24H21FN6O/c1-2-14-10-21(32)19(25)11-18(14)15-6-7-17-20(9-15)30-31-23(17)24-28-13-16(29-24)12-27-22-5-3-4-8-26-22/h3-11,13,32H,2,12H2,1H3,(H,26,27)(H,28,29)(H,30,31). The van der Waals surface area contributed by atoms with Crippen molar-refractivity contribution in [2.75, 3.05) is 5.32 Å². The van der Waals surface area contributed by atoms with Crippen LogP contribution in [0.2, 0.25) is 0 Å². The Labute approximate surface area is 183 Å². The first kappa shape index (κ1) is 19.7. The SMILES string of the molecule is CCc1cc(O)c(F)cc1-c1ccc2c(-c3nc(CNc4ccccn4)c[nH]3)n[nH]c2c1. The fourth-order valence-corrected chi connectivity index (χ4v) is 3.75. The van der Waals surface area contributed by atoms with Gasteiger partial charge in [-0.25, -0.2) is 14.4 Å². The zero-order valence-corrected chi connectivity index (χ0v) is 17.4. The van der Waals surface area contributed by atoms with Gasteiger partial charge in [-0.1, -0.05) is 19.1 Å². The van der Waals surface area contributed by atoms with Gasteiger partial charge in [-0.05, 0) is 59.5 Å². The van der Waals surface area contributed by atoms with Crippen LogP contribution >= 0.6 is 0 Å². The average Bonchev–Trinajstić information content (AvgIpc) is 3.46. The number of rotatable bonds is 6. The molecule has 8 heteroatoms. The Balaban J connectivity index is 1.43. The van der Waals surface area contributed by atoms with Crippen molar-refractivity contribution >= 4 is 16.7 Å². The van der Waals surface area contributed by atoms with Crippen LogP contribution in [0.5, 0.6) is 5.75 Å². The summed E-state index contributed by atoms with van der Waals surface area (Å²) in [5, 5.41) is 21.3. The predicted molar refractivity (Wildman–Crippen MR) is 122 cm³/mol. The highest BCUT2D eigenvalue weighted by molar-refractivity contribution is 5.94. The summed E-state index contributed by atoms with van der Waals surface area (Å²) in [5.41, 5.74) is 4.84.